The van der Waals surface area contributed by atoms with Crippen molar-refractivity contribution in [2.24, 2.45) is 0 Å². The molecule has 0 atom stereocenters. The zero-order valence-electron chi connectivity index (χ0n) is 24.2. The lowest BCUT2D eigenvalue weighted by Crippen LogP contribution is -2.02. The summed E-state index contributed by atoms with van der Waals surface area (Å²) in [7, 11) is 0. The normalized spacial score (nSPS) is 11.0. The average Bonchev–Trinajstić information content (AvgIpc) is 3.63. The molecular formula is C40H20N6. The zero-order chi connectivity index (χ0) is 31.4. The highest BCUT2D eigenvalue weighted by Gasteiger charge is 2.21. The first-order valence-corrected chi connectivity index (χ1v) is 14.6. The Morgan fingerprint density at radius 2 is 0.696 bits per heavy atom. The van der Waals surface area contributed by atoms with Crippen LogP contribution < -0.4 is 0 Å². The summed E-state index contributed by atoms with van der Waals surface area (Å²) in [5.41, 5.74) is 9.20. The van der Waals surface area contributed by atoms with Gasteiger partial charge in [-0.05, 0) is 72.8 Å². The van der Waals surface area contributed by atoms with Gasteiger partial charge in [0.1, 0.15) is 0 Å². The van der Waals surface area contributed by atoms with E-state index >= 15 is 0 Å². The first-order valence-electron chi connectivity index (χ1n) is 14.6. The van der Waals surface area contributed by atoms with Gasteiger partial charge < -0.3 is 9.13 Å². The summed E-state index contributed by atoms with van der Waals surface area (Å²) >= 11 is 0. The minimum Gasteiger partial charge on any atom is -0.309 e. The Balaban J connectivity index is 1.51. The molecule has 0 radical (unpaired) electrons. The van der Waals surface area contributed by atoms with E-state index < -0.39 is 0 Å². The fraction of sp³-hybridized carbons (Fsp3) is 0. The van der Waals surface area contributed by atoms with Crippen molar-refractivity contribution in [3.63, 3.8) is 0 Å². The van der Waals surface area contributed by atoms with Gasteiger partial charge in [0.15, 0.2) is 0 Å². The predicted molar refractivity (Wildman–Crippen MR) is 179 cm³/mol. The fourth-order valence-corrected chi connectivity index (χ4v) is 6.63. The lowest BCUT2D eigenvalue weighted by Gasteiger charge is -2.19. The van der Waals surface area contributed by atoms with Crippen LogP contribution in [-0.4, -0.2) is 9.13 Å². The number of nitrogens with zero attached hydrogens (tertiary/aromatic N) is 6. The number of hydrogen-bond donors (Lipinski definition) is 0. The summed E-state index contributed by atoms with van der Waals surface area (Å²) in [6.07, 6.45) is 0. The number of fused-ring (bicyclic) bond motifs is 6. The third-order valence-corrected chi connectivity index (χ3v) is 8.63. The highest BCUT2D eigenvalue weighted by molar-refractivity contribution is 6.12. The van der Waals surface area contributed by atoms with Gasteiger partial charge in [0.05, 0.1) is 80.0 Å². The molecule has 2 aromatic heterocycles. The van der Waals surface area contributed by atoms with Crippen LogP contribution in [0, 0.1) is 45.3 Å². The molecule has 6 heteroatoms. The summed E-state index contributed by atoms with van der Waals surface area (Å²) < 4.78 is 4.30. The summed E-state index contributed by atoms with van der Waals surface area (Å²) in [6.45, 7) is 0. The van der Waals surface area contributed by atoms with Gasteiger partial charge in [-0.1, -0.05) is 48.5 Å². The van der Waals surface area contributed by atoms with Crippen LogP contribution in [0.15, 0.2) is 121 Å². The highest BCUT2D eigenvalue weighted by atomic mass is 15.0. The maximum Gasteiger partial charge on any atom is 0.0992 e. The van der Waals surface area contributed by atoms with Crippen molar-refractivity contribution in [2.45, 2.75) is 0 Å². The van der Waals surface area contributed by atoms with Crippen LogP contribution in [-0.2, 0) is 0 Å². The molecule has 0 fully saturated rings. The molecule has 0 amide bonds. The summed E-state index contributed by atoms with van der Waals surface area (Å²) in [5, 5.41) is 43.2. The van der Waals surface area contributed by atoms with Gasteiger partial charge in [-0.2, -0.15) is 21.0 Å². The van der Waals surface area contributed by atoms with Crippen LogP contribution in [0.25, 0.3) is 66.1 Å². The number of rotatable bonds is 3. The largest absolute Gasteiger partial charge is 0.309 e. The third kappa shape index (κ3) is 3.86. The number of nitriles is 4. The SMILES string of the molecule is N#Cc1ccc(-c2ccc(C#N)cc2-n2c3ccccc3c3cc(C#N)ccc32)c(-n2c3ccccc3c3cc(C#N)ccc32)c1. The van der Waals surface area contributed by atoms with Gasteiger partial charge in [0.2, 0.25) is 0 Å². The van der Waals surface area contributed by atoms with E-state index in [9.17, 15) is 21.0 Å². The van der Waals surface area contributed by atoms with E-state index in [-0.39, 0.29) is 0 Å². The molecule has 8 aromatic rings. The molecule has 0 unspecified atom stereocenters. The standard InChI is InChI=1S/C40H20N6/c41-21-25-11-15-37-33(17-25)29-5-1-3-7-35(29)45(37)39-19-27(23-43)9-13-31(39)32-14-10-28(24-44)20-40(32)46-36-8-4-2-6-30(36)34-18-26(22-42)12-16-38(34)46/h1-20H. The molecule has 0 aliphatic heterocycles. The van der Waals surface area contributed by atoms with Crippen molar-refractivity contribution in [1.29, 1.82) is 21.0 Å². The summed E-state index contributed by atoms with van der Waals surface area (Å²) in [5.74, 6) is 0. The summed E-state index contributed by atoms with van der Waals surface area (Å²) in [6, 6.07) is 47.9. The first kappa shape index (κ1) is 26.5. The van der Waals surface area contributed by atoms with Crippen LogP contribution in [0.3, 0.4) is 0 Å². The molecule has 0 spiro atoms. The second-order valence-corrected chi connectivity index (χ2v) is 11.1. The van der Waals surface area contributed by atoms with Gasteiger partial charge in [0, 0.05) is 32.7 Å². The van der Waals surface area contributed by atoms with E-state index in [0.717, 1.165) is 66.1 Å². The quantitative estimate of drug-likeness (QED) is 0.207. The van der Waals surface area contributed by atoms with Gasteiger partial charge in [-0.25, -0.2) is 0 Å². The Labute approximate surface area is 263 Å². The molecule has 0 bridgehead atoms. The smallest absolute Gasteiger partial charge is 0.0992 e. The van der Waals surface area contributed by atoms with E-state index in [1.165, 1.54) is 0 Å². The number of aromatic nitrogens is 2. The number of benzene rings is 6. The molecule has 2 heterocycles. The van der Waals surface area contributed by atoms with Crippen molar-refractivity contribution in [2.75, 3.05) is 0 Å². The Morgan fingerprint density at radius 1 is 0.348 bits per heavy atom. The Morgan fingerprint density at radius 3 is 1.11 bits per heavy atom. The topological polar surface area (TPSA) is 105 Å². The molecule has 0 saturated heterocycles. The van der Waals surface area contributed by atoms with Crippen LogP contribution in [0.5, 0.6) is 0 Å². The average molecular weight is 585 g/mol. The minimum absolute atomic E-state index is 0.509. The van der Waals surface area contributed by atoms with Crippen molar-refractivity contribution in [1.82, 2.24) is 9.13 Å². The van der Waals surface area contributed by atoms with E-state index in [4.69, 9.17) is 0 Å². The van der Waals surface area contributed by atoms with Crippen molar-refractivity contribution >= 4 is 43.6 Å². The summed E-state index contributed by atoms with van der Waals surface area (Å²) in [4.78, 5) is 0. The highest BCUT2D eigenvalue weighted by Crippen LogP contribution is 2.41. The van der Waals surface area contributed by atoms with E-state index in [2.05, 4.69) is 33.4 Å². The molecular weight excluding hydrogens is 564 g/mol. The second-order valence-electron chi connectivity index (χ2n) is 11.1. The maximum atomic E-state index is 10.0. The zero-order valence-corrected chi connectivity index (χ0v) is 24.2. The number of hydrogen-bond acceptors (Lipinski definition) is 4. The molecule has 46 heavy (non-hydrogen) atoms. The van der Waals surface area contributed by atoms with Crippen molar-refractivity contribution < 1.29 is 0 Å². The predicted octanol–water partition coefficient (Wildman–Crippen LogP) is 9.03. The monoisotopic (exact) mass is 584 g/mol. The van der Waals surface area contributed by atoms with E-state index in [0.29, 0.717) is 22.3 Å². The van der Waals surface area contributed by atoms with E-state index in [1.54, 1.807) is 0 Å². The Kier molecular flexibility index (Phi) is 5.91. The molecule has 0 aliphatic carbocycles. The molecule has 0 saturated carbocycles. The molecule has 8 rings (SSSR count). The van der Waals surface area contributed by atoms with E-state index in [1.807, 2.05) is 121 Å². The van der Waals surface area contributed by atoms with Crippen LogP contribution in [0.2, 0.25) is 0 Å². The fourth-order valence-electron chi connectivity index (χ4n) is 6.63. The van der Waals surface area contributed by atoms with Crippen LogP contribution in [0.4, 0.5) is 0 Å². The molecule has 210 valence electrons. The van der Waals surface area contributed by atoms with Gasteiger partial charge in [-0.3, -0.25) is 0 Å². The molecule has 6 aromatic carbocycles. The third-order valence-electron chi connectivity index (χ3n) is 8.63. The lowest BCUT2D eigenvalue weighted by molar-refractivity contribution is 1.16. The van der Waals surface area contributed by atoms with Gasteiger partial charge in [-0.15, -0.1) is 0 Å². The second kappa shape index (κ2) is 10.3. The minimum atomic E-state index is 0.509. The Hall–Kier alpha value is -7.12. The lowest BCUT2D eigenvalue weighted by atomic mass is 9.97. The Bertz CT molecular complexity index is 2560. The first-order chi connectivity index (χ1) is 22.6. The van der Waals surface area contributed by atoms with Crippen LogP contribution in [0.1, 0.15) is 22.3 Å². The van der Waals surface area contributed by atoms with Crippen molar-refractivity contribution in [3.8, 4) is 46.8 Å². The molecule has 0 N–H and O–H groups in total. The van der Waals surface area contributed by atoms with Crippen LogP contribution >= 0.6 is 0 Å². The number of para-hydroxylation sites is 2. The maximum absolute atomic E-state index is 10.0. The van der Waals surface area contributed by atoms with Gasteiger partial charge >= 0.3 is 0 Å². The van der Waals surface area contributed by atoms with Gasteiger partial charge in [0.25, 0.3) is 0 Å². The molecule has 0 aliphatic rings. The van der Waals surface area contributed by atoms with Crippen molar-refractivity contribution in [3.05, 3.63) is 144 Å². The molecule has 6 nitrogen and oxygen atoms in total.